The topological polar surface area (TPSA) is 98.7 Å². The molecule has 1 aliphatic heterocycles. The Morgan fingerprint density at radius 1 is 1.02 bits per heavy atom. The highest BCUT2D eigenvalue weighted by Gasteiger charge is 2.28. The number of nitrogens with one attached hydrogen (secondary N) is 1. The number of fused-ring (bicyclic) bond motifs is 1. The van der Waals surface area contributed by atoms with Crippen molar-refractivity contribution in [2.24, 2.45) is 5.92 Å². The van der Waals surface area contributed by atoms with E-state index < -0.39 is 12.1 Å². The Balaban J connectivity index is 1.18. The SMILES string of the molecule is O=C(O)c1ccc(N2CCC(C(O)c3ccccc3-c3ccc(Cl)cc3)CC2)cc1Oc1cnc2[nH]ccc2c1. The van der Waals surface area contributed by atoms with Crippen LogP contribution < -0.4 is 9.64 Å². The number of aromatic carboxylic acids is 1. The van der Waals surface area contributed by atoms with Gasteiger partial charge in [-0.3, -0.25) is 0 Å². The third kappa shape index (κ3) is 5.26. The molecule has 1 unspecified atom stereocenters. The molecule has 5 aromatic rings. The standard InChI is InChI=1S/C32H28ClN3O4/c33-23-7-5-20(6-8-23)26-3-1-2-4-27(26)30(37)21-12-15-36(16-13-21)24-9-10-28(32(38)39)29(18-24)40-25-17-22-11-14-34-31(22)35-19-25/h1-11,14,17-19,21,30,37H,12-13,15-16H2,(H,34,35)(H,38,39). The minimum atomic E-state index is -1.06. The molecule has 3 N–H and O–H groups in total. The van der Waals surface area contributed by atoms with Crippen LogP contribution in [0.3, 0.4) is 0 Å². The average molecular weight is 554 g/mol. The van der Waals surface area contributed by atoms with Crippen LogP contribution in [0.15, 0.2) is 91.3 Å². The summed E-state index contributed by atoms with van der Waals surface area (Å²) in [7, 11) is 0. The lowest BCUT2D eigenvalue weighted by Gasteiger charge is -2.36. The second-order valence-corrected chi connectivity index (χ2v) is 10.5. The van der Waals surface area contributed by atoms with Crippen molar-refractivity contribution in [3.8, 4) is 22.6 Å². The van der Waals surface area contributed by atoms with Crippen molar-refractivity contribution in [1.82, 2.24) is 9.97 Å². The van der Waals surface area contributed by atoms with Crippen LogP contribution in [0, 0.1) is 5.92 Å². The normalized spacial score (nSPS) is 14.8. The van der Waals surface area contributed by atoms with E-state index in [1.807, 2.05) is 66.7 Å². The molecule has 2 aromatic heterocycles. The lowest BCUT2D eigenvalue weighted by molar-refractivity contribution is 0.0694. The molecular weight excluding hydrogens is 526 g/mol. The van der Waals surface area contributed by atoms with Crippen LogP contribution in [-0.2, 0) is 0 Å². The molecule has 0 radical (unpaired) electrons. The van der Waals surface area contributed by atoms with Crippen LogP contribution in [-0.4, -0.2) is 39.2 Å². The molecule has 202 valence electrons. The van der Waals surface area contributed by atoms with Crippen LogP contribution in [0.2, 0.25) is 5.02 Å². The van der Waals surface area contributed by atoms with Gasteiger partial charge in [-0.05, 0) is 71.8 Å². The molecule has 3 aromatic carbocycles. The minimum Gasteiger partial charge on any atom is -0.478 e. The van der Waals surface area contributed by atoms with E-state index >= 15 is 0 Å². The van der Waals surface area contributed by atoms with Gasteiger partial charge in [0.1, 0.15) is 22.7 Å². The second kappa shape index (κ2) is 11.0. The Hall–Kier alpha value is -4.33. The number of aromatic nitrogens is 2. The summed E-state index contributed by atoms with van der Waals surface area (Å²) in [6, 6.07) is 24.5. The maximum Gasteiger partial charge on any atom is 0.339 e. The summed E-state index contributed by atoms with van der Waals surface area (Å²) in [4.78, 5) is 21.5. The molecule has 7 nitrogen and oxygen atoms in total. The zero-order valence-corrected chi connectivity index (χ0v) is 22.4. The molecule has 0 aliphatic carbocycles. The number of rotatable bonds is 7. The first-order valence-corrected chi connectivity index (χ1v) is 13.6. The Labute approximate surface area is 236 Å². The quantitative estimate of drug-likeness (QED) is 0.195. The van der Waals surface area contributed by atoms with E-state index in [4.69, 9.17) is 16.3 Å². The van der Waals surface area contributed by atoms with Crippen molar-refractivity contribution < 1.29 is 19.7 Å². The van der Waals surface area contributed by atoms with Gasteiger partial charge in [0.05, 0.1) is 12.3 Å². The average Bonchev–Trinajstić information content (AvgIpc) is 3.45. The van der Waals surface area contributed by atoms with Gasteiger partial charge >= 0.3 is 5.97 Å². The molecule has 1 aliphatic rings. The van der Waals surface area contributed by atoms with E-state index in [0.29, 0.717) is 10.8 Å². The number of H-pyrrole nitrogens is 1. The van der Waals surface area contributed by atoms with E-state index in [1.165, 1.54) is 0 Å². The third-order valence-corrected chi connectivity index (χ3v) is 7.84. The summed E-state index contributed by atoms with van der Waals surface area (Å²) < 4.78 is 6.03. The van der Waals surface area contributed by atoms with Crippen LogP contribution >= 0.6 is 11.6 Å². The molecule has 3 heterocycles. The number of carboxylic acid groups (broad SMARTS) is 1. The molecule has 0 amide bonds. The maximum absolute atomic E-state index is 11.9. The third-order valence-electron chi connectivity index (χ3n) is 7.58. The van der Waals surface area contributed by atoms with Gasteiger partial charge in [-0.1, -0.05) is 48.0 Å². The van der Waals surface area contributed by atoms with Gasteiger partial charge in [0.25, 0.3) is 0 Å². The van der Waals surface area contributed by atoms with Crippen LogP contribution in [0.4, 0.5) is 5.69 Å². The van der Waals surface area contributed by atoms with Crippen molar-refractivity contribution in [3.05, 3.63) is 107 Å². The minimum absolute atomic E-state index is 0.0852. The first-order chi connectivity index (χ1) is 19.5. The number of benzene rings is 3. The first-order valence-electron chi connectivity index (χ1n) is 13.2. The number of halogens is 1. The van der Waals surface area contributed by atoms with Gasteiger partial charge in [-0.2, -0.15) is 0 Å². The largest absolute Gasteiger partial charge is 0.478 e. The number of pyridine rings is 1. The van der Waals surface area contributed by atoms with E-state index in [9.17, 15) is 15.0 Å². The number of anilines is 1. The lowest BCUT2D eigenvalue weighted by atomic mass is 9.84. The number of aliphatic hydroxyl groups is 1. The number of ether oxygens (including phenoxy) is 1. The molecule has 1 saturated heterocycles. The van der Waals surface area contributed by atoms with Gasteiger partial charge in [0, 0.05) is 41.4 Å². The maximum atomic E-state index is 11.9. The van der Waals surface area contributed by atoms with E-state index in [2.05, 4.69) is 14.9 Å². The Morgan fingerprint density at radius 2 is 1.80 bits per heavy atom. The molecular formula is C32H28ClN3O4. The molecule has 0 saturated carbocycles. The van der Waals surface area contributed by atoms with Gasteiger partial charge < -0.3 is 24.8 Å². The highest BCUT2D eigenvalue weighted by molar-refractivity contribution is 6.30. The molecule has 1 fully saturated rings. The fourth-order valence-corrected chi connectivity index (χ4v) is 5.57. The summed E-state index contributed by atoms with van der Waals surface area (Å²) >= 11 is 6.08. The number of hydrogen-bond acceptors (Lipinski definition) is 5. The van der Waals surface area contributed by atoms with Gasteiger partial charge in [-0.25, -0.2) is 9.78 Å². The number of nitrogens with zero attached hydrogens (tertiary/aromatic N) is 2. The molecule has 0 spiro atoms. The van der Waals surface area contributed by atoms with E-state index in [-0.39, 0.29) is 17.2 Å². The van der Waals surface area contributed by atoms with Crippen LogP contribution in [0.25, 0.3) is 22.2 Å². The van der Waals surface area contributed by atoms with E-state index in [0.717, 1.165) is 59.3 Å². The predicted molar refractivity (Wildman–Crippen MR) is 156 cm³/mol. The predicted octanol–water partition coefficient (Wildman–Crippen LogP) is 7.32. The monoisotopic (exact) mass is 553 g/mol. The van der Waals surface area contributed by atoms with Crippen molar-refractivity contribution in [2.75, 3.05) is 18.0 Å². The molecule has 40 heavy (non-hydrogen) atoms. The molecule has 8 heteroatoms. The number of aromatic amines is 1. The van der Waals surface area contributed by atoms with Crippen molar-refractivity contribution in [2.45, 2.75) is 18.9 Å². The van der Waals surface area contributed by atoms with Gasteiger partial charge in [0.2, 0.25) is 0 Å². The molecule has 6 rings (SSSR count). The smallest absolute Gasteiger partial charge is 0.339 e. The molecule has 0 bridgehead atoms. The number of carboxylic acids is 1. The Morgan fingerprint density at radius 3 is 2.58 bits per heavy atom. The number of piperidine rings is 1. The van der Waals surface area contributed by atoms with Crippen molar-refractivity contribution in [1.29, 1.82) is 0 Å². The van der Waals surface area contributed by atoms with Crippen molar-refractivity contribution >= 4 is 34.3 Å². The van der Waals surface area contributed by atoms with Gasteiger partial charge in [-0.15, -0.1) is 0 Å². The number of carbonyl (C=O) groups is 1. The highest BCUT2D eigenvalue weighted by Crippen LogP contribution is 2.38. The number of hydrogen-bond donors (Lipinski definition) is 3. The summed E-state index contributed by atoms with van der Waals surface area (Å²) in [5, 5.41) is 22.7. The van der Waals surface area contributed by atoms with Crippen molar-refractivity contribution in [3.63, 3.8) is 0 Å². The Bertz CT molecular complexity index is 1660. The fourth-order valence-electron chi connectivity index (χ4n) is 5.45. The second-order valence-electron chi connectivity index (χ2n) is 10.0. The van der Waals surface area contributed by atoms with Gasteiger partial charge in [0.15, 0.2) is 0 Å². The summed E-state index contributed by atoms with van der Waals surface area (Å²) in [6.07, 6.45) is 4.36. The zero-order valence-electron chi connectivity index (χ0n) is 21.6. The summed E-state index contributed by atoms with van der Waals surface area (Å²) in [5.41, 5.74) is 4.64. The lowest BCUT2D eigenvalue weighted by Crippen LogP contribution is -2.35. The zero-order chi connectivity index (χ0) is 27.6. The Kier molecular flexibility index (Phi) is 7.15. The molecule has 1 atom stereocenters. The first kappa shape index (κ1) is 25.9. The summed E-state index contributed by atoms with van der Waals surface area (Å²) in [6.45, 7) is 1.46. The fraction of sp³-hybridized carbons (Fsp3) is 0.188. The van der Waals surface area contributed by atoms with Crippen LogP contribution in [0.1, 0.15) is 34.9 Å². The summed E-state index contributed by atoms with van der Waals surface area (Å²) in [5.74, 6) is -0.232. The highest BCUT2D eigenvalue weighted by atomic mass is 35.5. The number of aliphatic hydroxyl groups excluding tert-OH is 1. The van der Waals surface area contributed by atoms with E-state index in [1.54, 1.807) is 24.5 Å². The van der Waals surface area contributed by atoms with Crippen LogP contribution in [0.5, 0.6) is 11.5 Å².